The molecule has 0 unspecified atom stereocenters. The van der Waals surface area contributed by atoms with Gasteiger partial charge in [0.2, 0.25) is 5.91 Å². The van der Waals surface area contributed by atoms with Gasteiger partial charge >= 0.3 is 6.03 Å². The van der Waals surface area contributed by atoms with Gasteiger partial charge in [-0.25, -0.2) is 4.79 Å². The van der Waals surface area contributed by atoms with Crippen molar-refractivity contribution in [3.8, 4) is 0 Å². The molecule has 0 fully saturated rings. The second kappa shape index (κ2) is 7.16. The summed E-state index contributed by atoms with van der Waals surface area (Å²) in [4.78, 5) is 26.9. The Morgan fingerprint density at radius 2 is 2.15 bits per heavy atom. The van der Waals surface area contributed by atoms with Gasteiger partial charge in [-0.1, -0.05) is 0 Å². The third-order valence-electron chi connectivity index (χ3n) is 4.39. The van der Waals surface area contributed by atoms with Crippen LogP contribution in [0.2, 0.25) is 0 Å². The molecule has 1 atom stereocenters. The van der Waals surface area contributed by atoms with Crippen molar-refractivity contribution in [3.63, 3.8) is 0 Å². The van der Waals surface area contributed by atoms with Crippen molar-refractivity contribution >= 4 is 11.9 Å². The predicted octanol–water partition coefficient (Wildman–Crippen LogP) is -0.688. The summed E-state index contributed by atoms with van der Waals surface area (Å²) in [6.07, 6.45) is 0.751. The van der Waals surface area contributed by atoms with Crippen LogP contribution in [0.15, 0.2) is 18.3 Å². The molecule has 1 aliphatic heterocycles. The Morgan fingerprint density at radius 1 is 1.38 bits per heavy atom. The molecular weight excluding hydrogens is 338 g/mol. The van der Waals surface area contributed by atoms with E-state index in [9.17, 15) is 14.7 Å². The fraction of sp³-hybridized carbons (Fsp3) is 0.500. The second-order valence-electron chi connectivity index (χ2n) is 6.43. The van der Waals surface area contributed by atoms with Crippen LogP contribution < -0.4 is 5.32 Å². The van der Waals surface area contributed by atoms with E-state index in [4.69, 9.17) is 0 Å². The number of aliphatic hydroxyl groups is 1. The van der Waals surface area contributed by atoms with Gasteiger partial charge in [0.1, 0.15) is 6.10 Å². The monoisotopic (exact) mass is 361 g/mol. The number of hydrogen-bond donors (Lipinski definition) is 2. The lowest BCUT2D eigenvalue weighted by atomic mass is 10.1. The van der Waals surface area contributed by atoms with Crippen LogP contribution >= 0.6 is 0 Å². The van der Waals surface area contributed by atoms with Crippen LogP contribution in [0.1, 0.15) is 23.2 Å². The first-order valence-corrected chi connectivity index (χ1v) is 8.32. The predicted molar refractivity (Wildman–Crippen MR) is 92.0 cm³/mol. The minimum atomic E-state index is -0.871. The Hall–Kier alpha value is -2.88. The van der Waals surface area contributed by atoms with E-state index in [1.807, 2.05) is 0 Å². The van der Waals surface area contributed by atoms with Crippen molar-refractivity contribution in [3.05, 3.63) is 35.4 Å². The molecular formula is C16H23N7O3. The summed E-state index contributed by atoms with van der Waals surface area (Å²) in [6, 6.07) is 3.24. The average molecular weight is 361 g/mol. The van der Waals surface area contributed by atoms with Crippen molar-refractivity contribution in [1.82, 2.24) is 34.7 Å². The van der Waals surface area contributed by atoms with E-state index in [-0.39, 0.29) is 18.5 Å². The number of fused-ring (bicyclic) bond motifs is 1. The number of carbonyl (C=O) groups excluding carboxylic acids is 2. The van der Waals surface area contributed by atoms with Gasteiger partial charge in [-0.2, -0.15) is 10.2 Å². The molecule has 0 radical (unpaired) electrons. The van der Waals surface area contributed by atoms with Crippen LogP contribution in [-0.4, -0.2) is 73.6 Å². The van der Waals surface area contributed by atoms with Crippen molar-refractivity contribution < 1.29 is 14.7 Å². The van der Waals surface area contributed by atoms with Gasteiger partial charge in [0.25, 0.3) is 0 Å². The Bertz CT molecular complexity index is 811. The van der Waals surface area contributed by atoms with Crippen LogP contribution in [-0.2, 0) is 24.9 Å². The van der Waals surface area contributed by atoms with Gasteiger partial charge in [0.05, 0.1) is 36.7 Å². The molecule has 0 saturated heterocycles. The third kappa shape index (κ3) is 3.54. The molecule has 0 spiro atoms. The summed E-state index contributed by atoms with van der Waals surface area (Å²) in [7, 11) is 5.00. The summed E-state index contributed by atoms with van der Waals surface area (Å²) in [6.45, 7) is 1.39. The number of nitrogens with zero attached hydrogens (tertiary/aromatic N) is 6. The zero-order chi connectivity index (χ0) is 18.8. The van der Waals surface area contributed by atoms with Crippen molar-refractivity contribution in [1.29, 1.82) is 0 Å². The standard InChI is InChI=1S/C16H23N7O3/c1-20(2)16(26)17-9-14(24)22-6-7-23-11(10-22)8-12(19-23)15(25)13-4-5-18-21(13)3/h4-5,8,15,25H,6-7,9-10H2,1-3H3,(H,17,26)/t15-/m0/s1. The molecule has 10 nitrogen and oxygen atoms in total. The number of aliphatic hydroxyl groups excluding tert-OH is 1. The van der Waals surface area contributed by atoms with E-state index in [0.717, 1.165) is 5.69 Å². The molecule has 3 rings (SSSR count). The van der Waals surface area contributed by atoms with E-state index in [2.05, 4.69) is 15.5 Å². The number of nitrogens with one attached hydrogen (secondary N) is 1. The zero-order valence-electron chi connectivity index (χ0n) is 15.1. The number of aromatic nitrogens is 4. The number of aryl methyl sites for hydroxylation is 1. The zero-order valence-corrected chi connectivity index (χ0v) is 15.1. The molecule has 0 bridgehead atoms. The van der Waals surface area contributed by atoms with Crippen LogP contribution in [0.3, 0.4) is 0 Å². The Labute approximate surface area is 151 Å². The van der Waals surface area contributed by atoms with E-state index in [0.29, 0.717) is 31.0 Å². The highest BCUT2D eigenvalue weighted by atomic mass is 16.3. The highest BCUT2D eigenvalue weighted by Gasteiger charge is 2.25. The first-order chi connectivity index (χ1) is 12.4. The molecule has 10 heteroatoms. The Morgan fingerprint density at radius 3 is 2.81 bits per heavy atom. The molecule has 2 aromatic heterocycles. The number of urea groups is 1. The first-order valence-electron chi connectivity index (χ1n) is 8.32. The molecule has 0 saturated carbocycles. The summed E-state index contributed by atoms with van der Waals surface area (Å²) in [5.41, 5.74) is 2.03. The fourth-order valence-corrected chi connectivity index (χ4v) is 2.86. The van der Waals surface area contributed by atoms with Crippen molar-refractivity contribution in [2.45, 2.75) is 19.2 Å². The van der Waals surface area contributed by atoms with Crippen LogP contribution in [0.4, 0.5) is 4.79 Å². The third-order valence-corrected chi connectivity index (χ3v) is 4.39. The number of amides is 3. The van der Waals surface area contributed by atoms with E-state index >= 15 is 0 Å². The molecule has 3 heterocycles. The minimum absolute atomic E-state index is 0.0460. The molecule has 0 aliphatic carbocycles. The van der Waals surface area contributed by atoms with E-state index < -0.39 is 6.10 Å². The normalized spacial score (nSPS) is 14.7. The molecule has 26 heavy (non-hydrogen) atoms. The minimum Gasteiger partial charge on any atom is -0.380 e. The van der Waals surface area contributed by atoms with Gasteiger partial charge in [0, 0.05) is 33.9 Å². The average Bonchev–Trinajstić information content (AvgIpc) is 3.23. The number of carbonyl (C=O) groups is 2. The quantitative estimate of drug-likeness (QED) is 0.749. The summed E-state index contributed by atoms with van der Waals surface area (Å²) in [5, 5.41) is 21.6. The molecule has 2 aromatic rings. The molecule has 3 amide bonds. The van der Waals surface area contributed by atoms with Crippen molar-refractivity contribution in [2.75, 3.05) is 27.2 Å². The smallest absolute Gasteiger partial charge is 0.317 e. The first kappa shape index (κ1) is 17.9. The highest BCUT2D eigenvalue weighted by Crippen LogP contribution is 2.23. The number of hydrogen-bond acceptors (Lipinski definition) is 5. The van der Waals surface area contributed by atoms with Gasteiger partial charge in [-0.3, -0.25) is 14.2 Å². The van der Waals surface area contributed by atoms with Crippen molar-refractivity contribution in [2.24, 2.45) is 7.05 Å². The van der Waals surface area contributed by atoms with Gasteiger partial charge < -0.3 is 20.2 Å². The highest BCUT2D eigenvalue weighted by molar-refractivity contribution is 5.83. The maximum Gasteiger partial charge on any atom is 0.317 e. The summed E-state index contributed by atoms with van der Waals surface area (Å²) in [5.74, 6) is -0.151. The lowest BCUT2D eigenvalue weighted by molar-refractivity contribution is -0.131. The second-order valence-corrected chi connectivity index (χ2v) is 6.43. The van der Waals surface area contributed by atoms with Crippen LogP contribution in [0.5, 0.6) is 0 Å². The van der Waals surface area contributed by atoms with Gasteiger partial charge in [0.15, 0.2) is 0 Å². The topological polar surface area (TPSA) is 109 Å². The fourth-order valence-electron chi connectivity index (χ4n) is 2.86. The van der Waals surface area contributed by atoms with Crippen LogP contribution in [0, 0.1) is 0 Å². The molecule has 2 N–H and O–H groups in total. The van der Waals surface area contributed by atoms with Gasteiger partial charge in [-0.05, 0) is 12.1 Å². The van der Waals surface area contributed by atoms with E-state index in [1.54, 1.807) is 53.7 Å². The maximum absolute atomic E-state index is 12.3. The maximum atomic E-state index is 12.3. The lowest BCUT2D eigenvalue weighted by Gasteiger charge is -2.28. The summed E-state index contributed by atoms with van der Waals surface area (Å²) >= 11 is 0. The largest absolute Gasteiger partial charge is 0.380 e. The lowest BCUT2D eigenvalue weighted by Crippen LogP contribution is -2.45. The van der Waals surface area contributed by atoms with Gasteiger partial charge in [-0.15, -0.1) is 0 Å². The molecule has 140 valence electrons. The molecule has 1 aliphatic rings. The SMILES string of the molecule is CN(C)C(=O)NCC(=O)N1CCn2nc([C@H](O)c3ccnn3C)cc2C1. The van der Waals surface area contributed by atoms with Crippen LogP contribution in [0.25, 0.3) is 0 Å². The Balaban J connectivity index is 1.66. The molecule has 0 aromatic carbocycles. The van der Waals surface area contributed by atoms with E-state index in [1.165, 1.54) is 4.90 Å². The number of rotatable bonds is 4. The Kier molecular flexibility index (Phi) is 4.94. The summed E-state index contributed by atoms with van der Waals surface area (Å²) < 4.78 is 3.41.